The number of alkyl halides is 1. The van der Waals surface area contributed by atoms with E-state index < -0.39 is 0 Å². The van der Waals surface area contributed by atoms with Crippen LogP contribution < -0.4 is 0 Å². The number of aryl methyl sites for hydroxylation is 1. The monoisotopic (exact) mass is 307 g/mol. The number of aromatic nitrogens is 2. The van der Waals surface area contributed by atoms with Crippen molar-refractivity contribution in [3.63, 3.8) is 0 Å². The van der Waals surface area contributed by atoms with Crippen LogP contribution in [0.5, 0.6) is 0 Å². The van der Waals surface area contributed by atoms with Gasteiger partial charge in [0.1, 0.15) is 4.88 Å². The zero-order chi connectivity index (χ0) is 12.1. The van der Waals surface area contributed by atoms with Crippen LogP contribution in [0.2, 0.25) is 0 Å². The second kappa shape index (κ2) is 6.27. The molecule has 16 heavy (non-hydrogen) atoms. The highest BCUT2D eigenvalue weighted by molar-refractivity contribution is 9.09. The summed E-state index contributed by atoms with van der Waals surface area (Å²) in [4.78, 5) is 14.3. The minimum atomic E-state index is -0.0481. The average Bonchev–Trinajstić information content (AvgIpc) is 2.63. The van der Waals surface area contributed by atoms with Crippen LogP contribution in [0.1, 0.15) is 15.4 Å². The van der Waals surface area contributed by atoms with E-state index in [4.69, 9.17) is 4.74 Å². The van der Waals surface area contributed by atoms with E-state index in [1.807, 2.05) is 0 Å². The molecule has 7 heteroatoms. The minimum absolute atomic E-state index is 0.0481. The molecule has 1 rings (SSSR count). The Bertz CT molecular complexity index is 358. The van der Waals surface area contributed by atoms with Gasteiger partial charge in [-0.1, -0.05) is 20.4 Å². The molecule has 0 bridgehead atoms. The first kappa shape index (κ1) is 13.5. The van der Waals surface area contributed by atoms with Crippen LogP contribution >= 0.6 is 27.5 Å². The van der Waals surface area contributed by atoms with E-state index >= 15 is 0 Å². The highest BCUT2D eigenvalue weighted by Crippen LogP contribution is 2.13. The quantitative estimate of drug-likeness (QED) is 0.770. The van der Waals surface area contributed by atoms with E-state index in [2.05, 4.69) is 25.5 Å². The van der Waals surface area contributed by atoms with Crippen molar-refractivity contribution in [1.82, 2.24) is 14.5 Å². The van der Waals surface area contributed by atoms with E-state index in [-0.39, 0.29) is 10.7 Å². The Morgan fingerprint density at radius 3 is 2.88 bits per heavy atom. The number of ether oxygens (including phenoxy) is 1. The molecule has 0 aliphatic carbocycles. The standard InChI is InChI=1S/C9H14BrN3O2S/c1-6-8(16-12-11-6)9(14)13(2)4-7(10)5-15-3/h7H,4-5H2,1-3H3. The van der Waals surface area contributed by atoms with Crippen molar-refractivity contribution < 1.29 is 9.53 Å². The van der Waals surface area contributed by atoms with Gasteiger partial charge in [0, 0.05) is 20.7 Å². The fourth-order valence-corrected chi connectivity index (χ4v) is 2.57. The van der Waals surface area contributed by atoms with E-state index in [0.29, 0.717) is 23.7 Å². The number of halogens is 1. The van der Waals surface area contributed by atoms with Gasteiger partial charge in [-0.25, -0.2) is 0 Å². The van der Waals surface area contributed by atoms with Crippen LogP contribution in [-0.4, -0.2) is 52.5 Å². The fraction of sp³-hybridized carbons (Fsp3) is 0.667. The van der Waals surface area contributed by atoms with E-state index in [9.17, 15) is 4.79 Å². The van der Waals surface area contributed by atoms with Gasteiger partial charge in [-0.3, -0.25) is 4.79 Å². The molecule has 1 amide bonds. The molecule has 0 saturated heterocycles. The normalized spacial score (nSPS) is 12.5. The largest absolute Gasteiger partial charge is 0.383 e. The highest BCUT2D eigenvalue weighted by Gasteiger charge is 2.19. The number of hydrogen-bond acceptors (Lipinski definition) is 5. The predicted octanol–water partition coefficient (Wildman–Crippen LogP) is 1.33. The summed E-state index contributed by atoms with van der Waals surface area (Å²) in [5, 5.41) is 3.82. The van der Waals surface area contributed by atoms with Crippen molar-refractivity contribution in [2.24, 2.45) is 0 Å². The van der Waals surface area contributed by atoms with Crippen LogP contribution in [0.25, 0.3) is 0 Å². The first-order valence-electron chi connectivity index (χ1n) is 4.73. The van der Waals surface area contributed by atoms with Gasteiger partial charge < -0.3 is 9.64 Å². The molecule has 0 N–H and O–H groups in total. The van der Waals surface area contributed by atoms with Crippen molar-refractivity contribution in [3.05, 3.63) is 10.6 Å². The Morgan fingerprint density at radius 1 is 1.69 bits per heavy atom. The number of carbonyl (C=O) groups is 1. The Balaban J connectivity index is 2.58. The summed E-state index contributed by atoms with van der Waals surface area (Å²) in [6.07, 6.45) is 0. The van der Waals surface area contributed by atoms with Crippen LogP contribution in [0.3, 0.4) is 0 Å². The second-order valence-corrected chi connectivity index (χ2v) is 5.47. The van der Waals surface area contributed by atoms with Crippen molar-refractivity contribution in [2.45, 2.75) is 11.8 Å². The van der Waals surface area contributed by atoms with Gasteiger partial charge in [0.25, 0.3) is 5.91 Å². The summed E-state index contributed by atoms with van der Waals surface area (Å²) in [5.41, 5.74) is 0.680. The molecule has 0 aromatic carbocycles. The maximum absolute atomic E-state index is 12.0. The summed E-state index contributed by atoms with van der Waals surface area (Å²) in [7, 11) is 3.39. The fourth-order valence-electron chi connectivity index (χ4n) is 1.21. The van der Waals surface area contributed by atoms with Gasteiger partial charge in [0.15, 0.2) is 0 Å². The molecule has 0 aliphatic rings. The maximum Gasteiger partial charge on any atom is 0.267 e. The van der Waals surface area contributed by atoms with E-state index in [0.717, 1.165) is 11.5 Å². The van der Waals surface area contributed by atoms with Gasteiger partial charge in [0.2, 0.25) is 0 Å². The van der Waals surface area contributed by atoms with Crippen LogP contribution in [0.15, 0.2) is 0 Å². The number of amides is 1. The maximum atomic E-state index is 12.0. The third-order valence-electron chi connectivity index (χ3n) is 2.01. The average molecular weight is 308 g/mol. The molecule has 1 heterocycles. The predicted molar refractivity (Wildman–Crippen MR) is 66.2 cm³/mol. The lowest BCUT2D eigenvalue weighted by molar-refractivity contribution is 0.0788. The Hall–Kier alpha value is -0.530. The summed E-state index contributed by atoms with van der Waals surface area (Å²) in [6.45, 7) is 2.94. The highest BCUT2D eigenvalue weighted by atomic mass is 79.9. The third kappa shape index (κ3) is 3.50. The van der Waals surface area contributed by atoms with E-state index in [1.165, 1.54) is 0 Å². The molecule has 0 radical (unpaired) electrons. The van der Waals surface area contributed by atoms with Crippen molar-refractivity contribution >= 4 is 33.4 Å². The van der Waals surface area contributed by atoms with Gasteiger partial charge in [-0.05, 0) is 18.5 Å². The van der Waals surface area contributed by atoms with Crippen LogP contribution in [0, 0.1) is 6.92 Å². The number of carbonyl (C=O) groups excluding carboxylic acids is 1. The molecule has 0 aliphatic heterocycles. The van der Waals surface area contributed by atoms with E-state index in [1.54, 1.807) is 26.0 Å². The number of rotatable bonds is 5. The first-order valence-corrected chi connectivity index (χ1v) is 6.42. The molecular formula is C9H14BrN3O2S. The van der Waals surface area contributed by atoms with Gasteiger partial charge in [-0.2, -0.15) is 0 Å². The summed E-state index contributed by atoms with van der Waals surface area (Å²) in [5.74, 6) is -0.0481. The molecule has 1 atom stereocenters. The lowest BCUT2D eigenvalue weighted by Crippen LogP contribution is -2.33. The van der Waals surface area contributed by atoms with Gasteiger partial charge in [-0.15, -0.1) is 5.10 Å². The molecule has 0 fully saturated rings. The number of nitrogens with zero attached hydrogens (tertiary/aromatic N) is 3. The number of hydrogen-bond donors (Lipinski definition) is 0. The molecule has 90 valence electrons. The van der Waals surface area contributed by atoms with Gasteiger partial charge >= 0.3 is 0 Å². The lowest BCUT2D eigenvalue weighted by Gasteiger charge is -2.19. The lowest BCUT2D eigenvalue weighted by atomic mass is 10.3. The smallest absolute Gasteiger partial charge is 0.267 e. The Morgan fingerprint density at radius 2 is 2.38 bits per heavy atom. The molecule has 1 aromatic rings. The van der Waals surface area contributed by atoms with Crippen LogP contribution in [0.4, 0.5) is 0 Å². The topological polar surface area (TPSA) is 55.3 Å². The molecule has 0 saturated carbocycles. The van der Waals surface area contributed by atoms with Crippen molar-refractivity contribution in [2.75, 3.05) is 27.3 Å². The van der Waals surface area contributed by atoms with Crippen LogP contribution in [-0.2, 0) is 4.74 Å². The molecule has 1 unspecified atom stereocenters. The molecule has 5 nitrogen and oxygen atoms in total. The van der Waals surface area contributed by atoms with Crippen molar-refractivity contribution in [3.8, 4) is 0 Å². The van der Waals surface area contributed by atoms with Crippen molar-refractivity contribution in [1.29, 1.82) is 0 Å². The molecular weight excluding hydrogens is 294 g/mol. The Labute approximate surface area is 107 Å². The second-order valence-electron chi connectivity index (χ2n) is 3.43. The third-order valence-corrected chi connectivity index (χ3v) is 3.38. The Kier molecular flexibility index (Phi) is 5.30. The zero-order valence-electron chi connectivity index (χ0n) is 9.44. The number of methoxy groups -OCH3 is 1. The SMILES string of the molecule is COCC(Br)CN(C)C(=O)c1snnc1C. The first-order chi connectivity index (χ1) is 7.56. The zero-order valence-corrected chi connectivity index (χ0v) is 11.8. The molecule has 1 aromatic heterocycles. The summed E-state index contributed by atoms with van der Waals surface area (Å²) < 4.78 is 8.74. The summed E-state index contributed by atoms with van der Waals surface area (Å²) >= 11 is 4.57. The summed E-state index contributed by atoms with van der Waals surface area (Å²) in [6, 6.07) is 0. The minimum Gasteiger partial charge on any atom is -0.383 e. The molecule has 0 spiro atoms. The van der Waals surface area contributed by atoms with Gasteiger partial charge in [0.05, 0.1) is 17.1 Å².